The molecule has 0 heterocycles. The monoisotopic (exact) mass is 328 g/mol. The van der Waals surface area contributed by atoms with E-state index in [1.54, 1.807) is 50.7 Å². The zero-order valence-electron chi connectivity index (χ0n) is 12.8. The van der Waals surface area contributed by atoms with Crippen molar-refractivity contribution >= 4 is 25.0 Å². The average Bonchev–Trinajstić information content (AvgIpc) is 2.31. The van der Waals surface area contributed by atoms with Gasteiger partial charge in [0.2, 0.25) is 0 Å². The summed E-state index contributed by atoms with van der Waals surface area (Å²) in [5, 5.41) is 12.2. The minimum absolute atomic E-state index is 0.178. The number of oxime groups is 1. The van der Waals surface area contributed by atoms with Crippen molar-refractivity contribution in [2.45, 2.75) is 6.92 Å². The maximum absolute atomic E-state index is 11.2. The number of rotatable bonds is 3. The van der Waals surface area contributed by atoms with Crippen molar-refractivity contribution in [3.05, 3.63) is 0 Å². The summed E-state index contributed by atoms with van der Waals surface area (Å²) in [6, 6.07) is 2.01. The largest absolute Gasteiger partial charge is 0.673 e. The van der Waals surface area contributed by atoms with Gasteiger partial charge in [0.25, 0.3) is 5.71 Å². The van der Waals surface area contributed by atoms with E-state index in [0.717, 1.165) is 0 Å². The van der Waals surface area contributed by atoms with Crippen LogP contribution in [-0.2, 0) is 14.4 Å². The van der Waals surface area contributed by atoms with Crippen LogP contribution in [0.5, 0.6) is 0 Å². The van der Waals surface area contributed by atoms with Crippen molar-refractivity contribution in [1.82, 2.24) is 4.90 Å². The van der Waals surface area contributed by atoms with Crippen LogP contribution in [0.4, 0.5) is 17.3 Å². The van der Waals surface area contributed by atoms with Crippen LogP contribution < -0.4 is 0 Å². The van der Waals surface area contributed by atoms with Crippen LogP contribution in [0.1, 0.15) is 6.92 Å². The van der Waals surface area contributed by atoms with E-state index in [-0.39, 0.29) is 6.61 Å². The van der Waals surface area contributed by atoms with Crippen LogP contribution in [-0.4, -0.2) is 69.2 Å². The Labute approximate surface area is 125 Å². The molecule has 0 rings (SSSR count). The molecule has 0 atom stereocenters. The Hall–Kier alpha value is -2.32. The van der Waals surface area contributed by atoms with Crippen molar-refractivity contribution in [2.75, 3.05) is 34.8 Å². The molecule has 0 saturated carbocycles. The molecule has 0 amide bonds. The highest BCUT2D eigenvalue weighted by Crippen LogP contribution is 2.06. The van der Waals surface area contributed by atoms with E-state index in [0.29, 0.717) is 6.02 Å². The number of hydrogen-bond donors (Lipinski definition) is 0. The third-order valence-electron chi connectivity index (χ3n) is 1.56. The molecule has 12 heteroatoms. The third-order valence-corrected chi connectivity index (χ3v) is 1.56. The van der Waals surface area contributed by atoms with E-state index < -0.39 is 18.9 Å². The fraction of sp³-hybridized carbons (Fsp3) is 0.600. The molecule has 0 fully saturated rings. The van der Waals surface area contributed by atoms with Gasteiger partial charge in [0, 0.05) is 0 Å². The molecule has 0 aromatic carbocycles. The first-order chi connectivity index (χ1) is 9.93. The molecule has 0 aromatic rings. The predicted octanol–water partition coefficient (Wildman–Crippen LogP) is 0.935. The van der Waals surface area contributed by atoms with Crippen molar-refractivity contribution in [1.29, 1.82) is 5.26 Å². The number of ether oxygens (including phenoxy) is 1. The fourth-order valence-corrected chi connectivity index (χ4v) is 0.953. The van der Waals surface area contributed by atoms with E-state index in [2.05, 4.69) is 9.89 Å². The SMILES string of the molecule is CCOC(=O)C(C#N)=NOC(N(C)C)=[N+](C)C.F[B-](F)(F)F. The van der Waals surface area contributed by atoms with E-state index in [9.17, 15) is 22.1 Å². The standard InChI is InChI=1S/C10H17N4O3.BF4/c1-6-16-9(15)8(7-11)12-17-10(13(2)3)14(4)5;2-1(3,4)5/h6H2,1-5H3;/q+1;-1. The van der Waals surface area contributed by atoms with Gasteiger partial charge in [-0.2, -0.15) is 5.26 Å². The number of esters is 1. The fourth-order valence-electron chi connectivity index (χ4n) is 0.953. The maximum Gasteiger partial charge on any atom is 0.673 e. The Morgan fingerprint density at radius 2 is 1.77 bits per heavy atom. The van der Waals surface area contributed by atoms with E-state index in [1.807, 2.05) is 0 Å². The lowest BCUT2D eigenvalue weighted by molar-refractivity contribution is -0.480. The number of halogens is 4. The molecule has 0 aromatic heterocycles. The van der Waals surface area contributed by atoms with Gasteiger partial charge in [0.1, 0.15) is 6.07 Å². The normalized spacial score (nSPS) is 10.6. The van der Waals surface area contributed by atoms with Crippen molar-refractivity contribution in [3.63, 3.8) is 0 Å². The van der Waals surface area contributed by atoms with Crippen molar-refractivity contribution in [3.8, 4) is 6.07 Å². The van der Waals surface area contributed by atoms with Crippen molar-refractivity contribution < 1.29 is 36.2 Å². The van der Waals surface area contributed by atoms with Gasteiger partial charge >= 0.3 is 19.2 Å². The first-order valence-electron chi connectivity index (χ1n) is 5.85. The summed E-state index contributed by atoms with van der Waals surface area (Å²) in [5.41, 5.74) is -0.423. The number of carbonyl (C=O) groups is 1. The average molecular weight is 328 g/mol. The Bertz CT molecular complexity index is 462. The molecule has 0 aliphatic carbocycles. The van der Waals surface area contributed by atoms with Gasteiger partial charge in [-0.1, -0.05) is 5.16 Å². The van der Waals surface area contributed by atoms with Crippen LogP contribution in [0.2, 0.25) is 0 Å². The predicted molar refractivity (Wildman–Crippen MR) is 71.8 cm³/mol. The van der Waals surface area contributed by atoms with Crippen LogP contribution in [0, 0.1) is 11.3 Å². The zero-order valence-corrected chi connectivity index (χ0v) is 12.8. The summed E-state index contributed by atoms with van der Waals surface area (Å²) in [6.07, 6.45) is 0. The molecular weight excluding hydrogens is 311 g/mol. The number of nitriles is 1. The topological polar surface area (TPSA) is 77.9 Å². The maximum atomic E-state index is 11.2. The highest BCUT2D eigenvalue weighted by atomic mass is 19.5. The molecule has 0 N–H and O–H groups in total. The molecule has 0 aliphatic rings. The first-order valence-corrected chi connectivity index (χ1v) is 5.85. The van der Waals surface area contributed by atoms with Crippen LogP contribution in [0.25, 0.3) is 0 Å². The molecule has 0 bridgehead atoms. The quantitative estimate of drug-likeness (QED) is 0.147. The lowest BCUT2D eigenvalue weighted by Crippen LogP contribution is -2.31. The lowest BCUT2D eigenvalue weighted by atomic mass is 10.3. The second-order valence-electron chi connectivity index (χ2n) is 3.93. The van der Waals surface area contributed by atoms with Gasteiger partial charge in [-0.25, -0.2) is 14.3 Å². The molecular formula is C10H17BF4N4O3. The van der Waals surface area contributed by atoms with E-state index in [1.165, 1.54) is 0 Å². The zero-order chi connectivity index (χ0) is 17.9. The summed E-state index contributed by atoms with van der Waals surface area (Å²) in [6.45, 7) is 1.82. The molecule has 0 aliphatic heterocycles. The van der Waals surface area contributed by atoms with Crippen LogP contribution in [0.3, 0.4) is 0 Å². The Morgan fingerprint density at radius 3 is 2.05 bits per heavy atom. The van der Waals surface area contributed by atoms with Gasteiger partial charge in [0.05, 0.1) is 34.8 Å². The summed E-state index contributed by atoms with van der Waals surface area (Å²) < 4.78 is 45.3. The number of hydrogen-bond acceptors (Lipinski definition) is 5. The molecule has 22 heavy (non-hydrogen) atoms. The summed E-state index contributed by atoms with van der Waals surface area (Å²) in [7, 11) is 1.01. The van der Waals surface area contributed by atoms with E-state index in [4.69, 9.17) is 10.1 Å². The van der Waals surface area contributed by atoms with Crippen LogP contribution in [0.15, 0.2) is 5.16 Å². The Balaban J connectivity index is 0. The van der Waals surface area contributed by atoms with Gasteiger partial charge in [-0.05, 0) is 6.92 Å². The van der Waals surface area contributed by atoms with Crippen molar-refractivity contribution in [2.24, 2.45) is 5.16 Å². The highest BCUT2D eigenvalue weighted by molar-refractivity contribution is 6.50. The first kappa shape index (κ1) is 22.0. The molecule has 7 nitrogen and oxygen atoms in total. The highest BCUT2D eigenvalue weighted by Gasteiger charge is 2.20. The summed E-state index contributed by atoms with van der Waals surface area (Å²) >= 11 is 0. The Kier molecular flexibility index (Phi) is 10.4. The van der Waals surface area contributed by atoms with Crippen LogP contribution >= 0.6 is 0 Å². The smallest absolute Gasteiger partial charge is 0.461 e. The van der Waals surface area contributed by atoms with Gasteiger partial charge in [0.15, 0.2) is 0 Å². The van der Waals surface area contributed by atoms with Gasteiger partial charge < -0.3 is 22.0 Å². The van der Waals surface area contributed by atoms with Gasteiger partial charge in [-0.15, -0.1) is 0 Å². The van der Waals surface area contributed by atoms with Gasteiger partial charge in [-0.3, -0.25) is 4.84 Å². The number of amidine groups is 1. The third kappa shape index (κ3) is 12.7. The van der Waals surface area contributed by atoms with E-state index >= 15 is 0 Å². The minimum Gasteiger partial charge on any atom is -0.461 e. The molecule has 0 saturated heterocycles. The Morgan fingerprint density at radius 1 is 1.32 bits per heavy atom. The summed E-state index contributed by atoms with van der Waals surface area (Å²) in [5.74, 6) is -0.799. The molecule has 126 valence electrons. The minimum atomic E-state index is -6.00. The number of carbonyl (C=O) groups excluding carboxylic acids is 1. The molecule has 0 unspecified atom stereocenters. The second kappa shape index (κ2) is 10.4. The summed E-state index contributed by atoms with van der Waals surface area (Å²) in [4.78, 5) is 17.9. The number of nitrogens with zero attached hydrogens (tertiary/aromatic N) is 4. The lowest BCUT2D eigenvalue weighted by Gasteiger charge is -2.07. The molecule has 0 radical (unpaired) electrons. The second-order valence-corrected chi connectivity index (χ2v) is 3.93. The molecule has 0 spiro atoms.